The Balaban J connectivity index is 1.93. The van der Waals surface area contributed by atoms with E-state index in [1.807, 2.05) is 26.8 Å². The van der Waals surface area contributed by atoms with Crippen molar-refractivity contribution in [1.29, 1.82) is 0 Å². The number of carbonyl (C=O) groups is 1. The molecule has 4 aliphatic rings. The summed E-state index contributed by atoms with van der Waals surface area (Å²) in [5.41, 5.74) is -1.57. The highest BCUT2D eigenvalue weighted by Gasteiger charge is 2.59. The van der Waals surface area contributed by atoms with Gasteiger partial charge in [0.15, 0.2) is 0 Å². The number of carbonyl (C=O) groups excluding carboxylic acids is 1. The Morgan fingerprint density at radius 3 is 2.68 bits per heavy atom. The zero-order valence-corrected chi connectivity index (χ0v) is 14.2. The van der Waals surface area contributed by atoms with Crippen LogP contribution in [-0.2, 0) is 9.53 Å². The Kier molecular flexibility index (Phi) is 3.71. The van der Waals surface area contributed by atoms with Gasteiger partial charge in [-0.1, -0.05) is 13.5 Å². The van der Waals surface area contributed by atoms with Crippen LogP contribution in [0.2, 0.25) is 0 Å². The van der Waals surface area contributed by atoms with Crippen LogP contribution in [-0.4, -0.2) is 22.3 Å². The first-order chi connectivity index (χ1) is 10.2. The number of ether oxygens (including phenoxy) is 1. The van der Waals surface area contributed by atoms with Crippen LogP contribution in [0.3, 0.4) is 0 Å². The maximum absolute atomic E-state index is 12.7. The lowest BCUT2D eigenvalue weighted by molar-refractivity contribution is -0.190. The Hall–Kier alpha value is -0.830. The van der Waals surface area contributed by atoms with Crippen molar-refractivity contribution in [2.75, 3.05) is 0 Å². The van der Waals surface area contributed by atoms with E-state index in [1.165, 1.54) is 0 Å². The highest BCUT2D eigenvalue weighted by molar-refractivity contribution is 5.76. The molecule has 0 radical (unpaired) electrons. The molecule has 124 valence electrons. The number of esters is 1. The lowest BCUT2D eigenvalue weighted by Gasteiger charge is -2.52. The standard InChI is InChI=1S/C19H30O3/c1-5-17(3,4)16(20)22-19(6-2)14-7-8-18(21)11-13(9-14)10-15(19)12-18/h6,13-15,21H,2,5,7-12H2,1,3-4H3. The van der Waals surface area contributed by atoms with Gasteiger partial charge in [-0.25, -0.2) is 0 Å². The van der Waals surface area contributed by atoms with E-state index in [9.17, 15) is 9.90 Å². The summed E-state index contributed by atoms with van der Waals surface area (Å²) in [5, 5.41) is 10.9. The van der Waals surface area contributed by atoms with Gasteiger partial charge in [0.05, 0.1) is 11.0 Å². The van der Waals surface area contributed by atoms with Gasteiger partial charge in [0.1, 0.15) is 5.60 Å². The van der Waals surface area contributed by atoms with E-state index >= 15 is 0 Å². The summed E-state index contributed by atoms with van der Waals surface area (Å²) < 4.78 is 6.18. The summed E-state index contributed by atoms with van der Waals surface area (Å²) in [6.07, 6.45) is 8.24. The second-order valence-electron chi connectivity index (χ2n) is 8.59. The quantitative estimate of drug-likeness (QED) is 0.634. The Bertz CT molecular complexity index is 483. The van der Waals surface area contributed by atoms with Gasteiger partial charge in [-0.2, -0.15) is 0 Å². The molecule has 5 atom stereocenters. The molecule has 0 heterocycles. The second kappa shape index (κ2) is 5.09. The fraction of sp³-hybridized carbons (Fsp3) is 0.842. The molecular formula is C19H30O3. The van der Waals surface area contributed by atoms with Crippen molar-refractivity contribution in [1.82, 2.24) is 0 Å². The summed E-state index contributed by atoms with van der Waals surface area (Å²) >= 11 is 0. The zero-order valence-electron chi connectivity index (χ0n) is 14.2. The lowest BCUT2D eigenvalue weighted by Crippen LogP contribution is -2.55. The van der Waals surface area contributed by atoms with Gasteiger partial charge in [-0.15, -0.1) is 0 Å². The summed E-state index contributed by atoms with van der Waals surface area (Å²) in [6.45, 7) is 9.96. The van der Waals surface area contributed by atoms with Crippen LogP contribution in [0.4, 0.5) is 0 Å². The van der Waals surface area contributed by atoms with Crippen LogP contribution < -0.4 is 0 Å². The van der Waals surface area contributed by atoms with Crippen molar-refractivity contribution < 1.29 is 14.6 Å². The number of hydrogen-bond acceptors (Lipinski definition) is 3. The minimum atomic E-state index is -0.565. The molecule has 3 heteroatoms. The molecule has 4 saturated carbocycles. The van der Waals surface area contributed by atoms with Gasteiger partial charge < -0.3 is 9.84 Å². The molecule has 0 aromatic heterocycles. The number of aliphatic hydroxyl groups is 1. The van der Waals surface area contributed by atoms with Crippen LogP contribution in [0.1, 0.15) is 65.7 Å². The number of hydrogen-bond donors (Lipinski definition) is 1. The van der Waals surface area contributed by atoms with E-state index in [0.717, 1.165) is 44.9 Å². The molecule has 0 saturated heterocycles. The smallest absolute Gasteiger partial charge is 0.312 e. The third-order valence-electron chi connectivity index (χ3n) is 6.79. The average molecular weight is 306 g/mol. The average Bonchev–Trinajstić information content (AvgIpc) is 2.63. The molecule has 3 nitrogen and oxygen atoms in total. The fourth-order valence-electron chi connectivity index (χ4n) is 5.07. The van der Waals surface area contributed by atoms with Crippen LogP contribution >= 0.6 is 0 Å². The molecule has 0 spiro atoms. The van der Waals surface area contributed by atoms with Crippen molar-refractivity contribution in [3.63, 3.8) is 0 Å². The van der Waals surface area contributed by atoms with Crippen molar-refractivity contribution >= 4 is 5.97 Å². The maximum atomic E-state index is 12.7. The van der Waals surface area contributed by atoms with Crippen LogP contribution in [0, 0.1) is 23.2 Å². The Morgan fingerprint density at radius 1 is 1.36 bits per heavy atom. The highest BCUT2D eigenvalue weighted by atomic mass is 16.6. The second-order valence-corrected chi connectivity index (χ2v) is 8.59. The Labute approximate surface area is 134 Å². The van der Waals surface area contributed by atoms with E-state index < -0.39 is 16.6 Å². The van der Waals surface area contributed by atoms with E-state index in [0.29, 0.717) is 11.8 Å². The third kappa shape index (κ3) is 2.33. The van der Waals surface area contributed by atoms with Crippen LogP contribution in [0.15, 0.2) is 12.7 Å². The first kappa shape index (κ1) is 16.0. The molecule has 1 N–H and O–H groups in total. The van der Waals surface area contributed by atoms with Gasteiger partial charge in [0.25, 0.3) is 0 Å². The first-order valence-electron chi connectivity index (χ1n) is 8.84. The van der Waals surface area contributed by atoms with E-state index in [-0.39, 0.29) is 11.9 Å². The summed E-state index contributed by atoms with van der Waals surface area (Å²) in [6, 6.07) is 0. The summed E-state index contributed by atoms with van der Waals surface area (Å²) in [5.74, 6) is 1.02. The Morgan fingerprint density at radius 2 is 2.05 bits per heavy atom. The van der Waals surface area contributed by atoms with Gasteiger partial charge >= 0.3 is 5.97 Å². The fourth-order valence-corrected chi connectivity index (χ4v) is 5.07. The maximum Gasteiger partial charge on any atom is 0.312 e. The summed E-state index contributed by atoms with van der Waals surface area (Å²) in [4.78, 5) is 12.7. The molecule has 4 aliphatic carbocycles. The predicted octanol–water partition coefficient (Wildman–Crippen LogP) is 3.85. The molecule has 0 aromatic rings. The molecule has 0 amide bonds. The third-order valence-corrected chi connectivity index (χ3v) is 6.79. The van der Waals surface area contributed by atoms with Crippen molar-refractivity contribution in [3.8, 4) is 0 Å². The predicted molar refractivity (Wildman–Crippen MR) is 86.2 cm³/mol. The molecule has 22 heavy (non-hydrogen) atoms. The molecule has 0 aromatic carbocycles. The monoisotopic (exact) mass is 306 g/mol. The van der Waals surface area contributed by atoms with E-state index in [1.54, 1.807) is 0 Å². The van der Waals surface area contributed by atoms with E-state index in [2.05, 4.69) is 6.58 Å². The summed E-state index contributed by atoms with van der Waals surface area (Å²) in [7, 11) is 0. The first-order valence-corrected chi connectivity index (χ1v) is 8.84. The molecule has 4 bridgehead atoms. The van der Waals surface area contributed by atoms with Gasteiger partial charge in [0, 0.05) is 11.8 Å². The SMILES string of the molecule is C=CC1(OC(=O)C(C)(C)CC)C2CCC3(O)CC(C2)CC1C3. The minimum absolute atomic E-state index is 0.116. The van der Waals surface area contributed by atoms with Crippen LogP contribution in [0.5, 0.6) is 0 Å². The molecule has 5 unspecified atom stereocenters. The lowest BCUT2D eigenvalue weighted by atomic mass is 9.59. The van der Waals surface area contributed by atoms with Gasteiger partial charge in [0.2, 0.25) is 0 Å². The van der Waals surface area contributed by atoms with E-state index in [4.69, 9.17) is 4.74 Å². The minimum Gasteiger partial charge on any atom is -0.454 e. The van der Waals surface area contributed by atoms with Crippen molar-refractivity contribution in [2.24, 2.45) is 23.2 Å². The molecule has 4 fully saturated rings. The van der Waals surface area contributed by atoms with Gasteiger partial charge in [-0.05, 0) is 70.8 Å². The van der Waals surface area contributed by atoms with Crippen molar-refractivity contribution in [3.05, 3.63) is 12.7 Å². The molecule has 4 rings (SSSR count). The molecule has 0 aliphatic heterocycles. The topological polar surface area (TPSA) is 46.5 Å². The van der Waals surface area contributed by atoms with Crippen LogP contribution in [0.25, 0.3) is 0 Å². The molecular weight excluding hydrogens is 276 g/mol. The number of fused-ring (bicyclic) bond motifs is 1. The highest BCUT2D eigenvalue weighted by Crippen LogP contribution is 2.59. The van der Waals surface area contributed by atoms with Gasteiger partial charge in [-0.3, -0.25) is 4.79 Å². The van der Waals surface area contributed by atoms with Crippen molar-refractivity contribution in [2.45, 2.75) is 76.9 Å². The number of rotatable bonds is 4. The normalized spacial score (nSPS) is 43.7. The largest absolute Gasteiger partial charge is 0.454 e. The zero-order chi connectivity index (χ0) is 16.2.